The van der Waals surface area contributed by atoms with Gasteiger partial charge in [-0.3, -0.25) is 4.79 Å². The summed E-state index contributed by atoms with van der Waals surface area (Å²) in [7, 11) is 0. The first-order chi connectivity index (χ1) is 12.1. The molecule has 3 atom stereocenters. The van der Waals surface area contributed by atoms with Gasteiger partial charge in [0.2, 0.25) is 11.8 Å². The highest BCUT2D eigenvalue weighted by Crippen LogP contribution is 2.49. The maximum atomic E-state index is 12.4. The van der Waals surface area contributed by atoms with Crippen LogP contribution in [0.5, 0.6) is 5.88 Å². The zero-order chi connectivity index (χ0) is 17.6. The molecule has 1 fully saturated rings. The van der Waals surface area contributed by atoms with E-state index >= 15 is 0 Å². The fourth-order valence-corrected chi connectivity index (χ4v) is 4.18. The number of amides is 1. The van der Waals surface area contributed by atoms with Crippen LogP contribution in [0.3, 0.4) is 0 Å². The molecule has 2 heterocycles. The van der Waals surface area contributed by atoms with E-state index in [1.54, 1.807) is 19.1 Å². The Balaban J connectivity index is 1.77. The summed E-state index contributed by atoms with van der Waals surface area (Å²) in [6.07, 6.45) is 2.36. The number of anilines is 2. The molecule has 0 bridgehead atoms. The fraction of sp³-hybridized carbons (Fsp3) is 0.400. The molecule has 1 aliphatic heterocycles. The summed E-state index contributed by atoms with van der Waals surface area (Å²) in [6.45, 7) is 3.86. The first-order valence-corrected chi connectivity index (χ1v) is 8.87. The van der Waals surface area contributed by atoms with Crippen molar-refractivity contribution in [3.05, 3.63) is 48.0 Å². The van der Waals surface area contributed by atoms with Crippen LogP contribution in [0.15, 0.2) is 42.5 Å². The van der Waals surface area contributed by atoms with Crippen molar-refractivity contribution in [1.82, 2.24) is 4.98 Å². The van der Waals surface area contributed by atoms with Crippen LogP contribution < -0.4 is 10.2 Å². The first-order valence-electron chi connectivity index (χ1n) is 8.87. The smallest absolute Gasteiger partial charge is 0.224 e. The van der Waals surface area contributed by atoms with Crippen LogP contribution in [0.25, 0.3) is 0 Å². The predicted molar refractivity (Wildman–Crippen MR) is 97.5 cm³/mol. The lowest BCUT2D eigenvalue weighted by atomic mass is 9.80. The van der Waals surface area contributed by atoms with Crippen molar-refractivity contribution in [2.75, 3.05) is 10.2 Å². The van der Waals surface area contributed by atoms with Gasteiger partial charge in [0.15, 0.2) is 0 Å². The van der Waals surface area contributed by atoms with Gasteiger partial charge in [0.1, 0.15) is 5.82 Å². The van der Waals surface area contributed by atoms with Gasteiger partial charge in [-0.15, -0.1) is 0 Å². The molecule has 1 aromatic carbocycles. The summed E-state index contributed by atoms with van der Waals surface area (Å²) in [5.74, 6) is 1.57. The highest BCUT2D eigenvalue weighted by Gasteiger charge is 2.47. The Bertz CT molecular complexity index is 803. The van der Waals surface area contributed by atoms with Gasteiger partial charge in [-0.25, -0.2) is 0 Å². The summed E-state index contributed by atoms with van der Waals surface area (Å²) >= 11 is 0. The highest BCUT2D eigenvalue weighted by molar-refractivity contribution is 5.94. The molecule has 0 spiro atoms. The molecule has 25 heavy (non-hydrogen) atoms. The molecule has 1 aliphatic carbocycles. The van der Waals surface area contributed by atoms with E-state index in [0.29, 0.717) is 11.7 Å². The van der Waals surface area contributed by atoms with E-state index in [9.17, 15) is 9.90 Å². The number of pyridine rings is 1. The molecule has 2 N–H and O–H groups in total. The van der Waals surface area contributed by atoms with Crippen molar-refractivity contribution in [2.45, 2.75) is 38.8 Å². The number of aromatic nitrogens is 1. The molecule has 1 saturated carbocycles. The molecule has 130 valence electrons. The minimum absolute atomic E-state index is 0.00542. The Morgan fingerprint density at radius 2 is 1.96 bits per heavy atom. The Hall–Kier alpha value is -2.56. The van der Waals surface area contributed by atoms with E-state index in [0.717, 1.165) is 11.3 Å². The van der Waals surface area contributed by atoms with Crippen molar-refractivity contribution in [1.29, 1.82) is 0 Å². The van der Waals surface area contributed by atoms with E-state index < -0.39 is 0 Å². The summed E-state index contributed by atoms with van der Waals surface area (Å²) in [4.78, 5) is 18.6. The molecule has 5 nitrogen and oxygen atoms in total. The highest BCUT2D eigenvalue weighted by atomic mass is 16.3. The molecule has 4 rings (SSSR count). The second-order valence-corrected chi connectivity index (χ2v) is 7.14. The lowest BCUT2D eigenvalue weighted by molar-refractivity contribution is -0.117. The van der Waals surface area contributed by atoms with E-state index in [2.05, 4.69) is 23.3 Å². The van der Waals surface area contributed by atoms with Gasteiger partial charge in [0.25, 0.3) is 0 Å². The van der Waals surface area contributed by atoms with Gasteiger partial charge in [0, 0.05) is 30.6 Å². The number of fused-ring (bicyclic) bond motifs is 1. The lowest BCUT2D eigenvalue weighted by Gasteiger charge is -2.45. The Morgan fingerprint density at radius 3 is 2.64 bits per heavy atom. The van der Waals surface area contributed by atoms with Gasteiger partial charge < -0.3 is 15.3 Å². The van der Waals surface area contributed by atoms with Crippen LogP contribution in [0.2, 0.25) is 0 Å². The van der Waals surface area contributed by atoms with Crippen LogP contribution in [0.4, 0.5) is 11.5 Å². The standard InChI is InChI=1S/C20H23N3O2/c1-12-19(22-17-8-5-9-18(25)21-17)15-6-3-4-7-16(15)23(13(2)24)20(12)14-10-11-14/h3-9,12,14,19-20H,10-11H2,1-2H3,(H2,21,22,25)/t12-,19-,20?/m1/s1. The number of benzene rings is 1. The number of carbonyl (C=O) groups is 1. The molecule has 1 amide bonds. The maximum absolute atomic E-state index is 12.4. The first kappa shape index (κ1) is 15.9. The number of aromatic hydroxyl groups is 1. The zero-order valence-electron chi connectivity index (χ0n) is 14.5. The normalized spacial score (nSPS) is 25.4. The maximum Gasteiger partial charge on any atom is 0.224 e. The molecule has 5 heteroatoms. The number of nitrogens with zero attached hydrogens (tertiary/aromatic N) is 2. The van der Waals surface area contributed by atoms with Crippen molar-refractivity contribution in [3.63, 3.8) is 0 Å². The van der Waals surface area contributed by atoms with Gasteiger partial charge >= 0.3 is 0 Å². The summed E-state index contributed by atoms with van der Waals surface area (Å²) < 4.78 is 0. The third-order valence-corrected chi connectivity index (χ3v) is 5.38. The van der Waals surface area contributed by atoms with Crippen molar-refractivity contribution >= 4 is 17.4 Å². The predicted octanol–water partition coefficient (Wildman–Crippen LogP) is 3.72. The Labute approximate surface area is 147 Å². The lowest BCUT2D eigenvalue weighted by Crippen LogP contribution is -2.51. The summed E-state index contributed by atoms with van der Waals surface area (Å²) in [6, 6.07) is 13.5. The van der Waals surface area contributed by atoms with Crippen LogP contribution in [0.1, 0.15) is 38.3 Å². The van der Waals surface area contributed by atoms with Gasteiger partial charge in [0.05, 0.1) is 6.04 Å². The fourth-order valence-electron chi connectivity index (χ4n) is 4.18. The molecule has 0 radical (unpaired) electrons. The molecule has 2 aromatic rings. The topological polar surface area (TPSA) is 65.5 Å². The number of carbonyl (C=O) groups excluding carboxylic acids is 1. The molecular weight excluding hydrogens is 314 g/mol. The van der Waals surface area contributed by atoms with E-state index in [1.165, 1.54) is 12.8 Å². The van der Waals surface area contributed by atoms with Crippen molar-refractivity contribution < 1.29 is 9.90 Å². The van der Waals surface area contributed by atoms with Crippen LogP contribution in [0, 0.1) is 11.8 Å². The van der Waals surface area contributed by atoms with Crippen LogP contribution in [-0.2, 0) is 4.79 Å². The number of hydrogen-bond acceptors (Lipinski definition) is 4. The Morgan fingerprint density at radius 1 is 1.20 bits per heavy atom. The molecule has 0 saturated heterocycles. The third-order valence-electron chi connectivity index (χ3n) is 5.38. The quantitative estimate of drug-likeness (QED) is 0.896. The van der Waals surface area contributed by atoms with Crippen molar-refractivity contribution in [2.24, 2.45) is 11.8 Å². The monoisotopic (exact) mass is 337 g/mol. The molecule has 2 aliphatic rings. The molecule has 1 unspecified atom stereocenters. The van der Waals surface area contributed by atoms with E-state index in [-0.39, 0.29) is 29.8 Å². The average Bonchev–Trinajstić information content (AvgIpc) is 3.41. The second-order valence-electron chi connectivity index (χ2n) is 7.14. The number of nitrogens with one attached hydrogen (secondary N) is 1. The second kappa shape index (κ2) is 6.06. The number of hydrogen-bond donors (Lipinski definition) is 2. The van der Waals surface area contributed by atoms with Gasteiger partial charge in [-0.05, 0) is 36.5 Å². The third kappa shape index (κ3) is 2.84. The van der Waals surface area contributed by atoms with E-state index in [1.807, 2.05) is 29.2 Å². The molecule has 1 aromatic heterocycles. The van der Waals surface area contributed by atoms with Crippen LogP contribution >= 0.6 is 0 Å². The number of para-hydroxylation sites is 1. The minimum Gasteiger partial charge on any atom is -0.493 e. The summed E-state index contributed by atoms with van der Waals surface area (Å²) in [5.41, 5.74) is 2.09. The minimum atomic E-state index is 0.00542. The summed E-state index contributed by atoms with van der Waals surface area (Å²) in [5, 5.41) is 13.2. The van der Waals surface area contributed by atoms with Crippen molar-refractivity contribution in [3.8, 4) is 5.88 Å². The largest absolute Gasteiger partial charge is 0.493 e. The van der Waals surface area contributed by atoms with E-state index in [4.69, 9.17) is 0 Å². The van der Waals surface area contributed by atoms with Gasteiger partial charge in [-0.1, -0.05) is 31.2 Å². The van der Waals surface area contributed by atoms with Gasteiger partial charge in [-0.2, -0.15) is 4.98 Å². The SMILES string of the molecule is CC(=O)N1c2ccccc2[C@H](Nc2cccc(O)n2)[C@@H](C)C1C1CC1. The number of rotatable bonds is 3. The van der Waals surface area contributed by atoms with Crippen LogP contribution in [-0.4, -0.2) is 22.0 Å². The molecular formula is C20H23N3O2. The Kier molecular flexibility index (Phi) is 3.86. The zero-order valence-corrected chi connectivity index (χ0v) is 14.5. The average molecular weight is 337 g/mol.